The molecule has 3 aromatic rings. The third kappa shape index (κ3) is 6.15. The van der Waals surface area contributed by atoms with Crippen molar-refractivity contribution < 1.29 is 35.9 Å². The second kappa shape index (κ2) is 10.0. The molecule has 0 radical (unpaired) electrons. The highest BCUT2D eigenvalue weighted by molar-refractivity contribution is 6.36. The van der Waals surface area contributed by atoms with Crippen molar-refractivity contribution in [3.8, 4) is 16.9 Å². The summed E-state index contributed by atoms with van der Waals surface area (Å²) in [5, 5.41) is 3.34. The summed E-state index contributed by atoms with van der Waals surface area (Å²) < 4.78 is 81.3. The van der Waals surface area contributed by atoms with Gasteiger partial charge < -0.3 is 15.0 Å². The number of benzene rings is 2. The Morgan fingerprint density at radius 1 is 1.03 bits per heavy atom. The maximum Gasteiger partial charge on any atom is 0.573 e. The van der Waals surface area contributed by atoms with Crippen molar-refractivity contribution >= 4 is 28.9 Å². The quantitative estimate of drug-likeness (QED) is 0.314. The molecule has 0 saturated carbocycles. The van der Waals surface area contributed by atoms with Crippen LogP contribution in [0, 0.1) is 0 Å². The maximum atomic E-state index is 13.0. The number of hydrogen-bond donors (Lipinski definition) is 1. The van der Waals surface area contributed by atoms with Gasteiger partial charge in [0, 0.05) is 30.4 Å². The zero-order valence-electron chi connectivity index (χ0n) is 20.2. The Morgan fingerprint density at radius 2 is 1.76 bits per heavy atom. The number of aromatic nitrogens is 1. The smallest absolute Gasteiger partial charge is 0.406 e. The fourth-order valence-electron chi connectivity index (χ4n) is 4.19. The molecule has 1 aliphatic heterocycles. The topological polar surface area (TPSA) is 54.5 Å². The molecule has 0 spiro atoms. The van der Waals surface area contributed by atoms with Gasteiger partial charge in [0.1, 0.15) is 11.4 Å². The van der Waals surface area contributed by atoms with Crippen molar-refractivity contribution in [2.45, 2.75) is 44.8 Å². The van der Waals surface area contributed by atoms with E-state index in [2.05, 4.69) is 15.0 Å². The second-order valence-electron chi connectivity index (χ2n) is 9.26. The van der Waals surface area contributed by atoms with Crippen LogP contribution in [0.15, 0.2) is 54.7 Å². The summed E-state index contributed by atoms with van der Waals surface area (Å²) in [6.07, 6.45) is -7.39. The van der Waals surface area contributed by atoms with E-state index in [1.165, 1.54) is 18.2 Å². The highest BCUT2D eigenvalue weighted by atomic mass is 35.5. The summed E-state index contributed by atoms with van der Waals surface area (Å²) in [7, 11) is 0. The van der Waals surface area contributed by atoms with Gasteiger partial charge in [-0.15, -0.1) is 13.2 Å². The molecule has 12 heteroatoms. The summed E-state index contributed by atoms with van der Waals surface area (Å²) in [6.45, 7) is 3.86. The molecule has 0 aliphatic carbocycles. The van der Waals surface area contributed by atoms with Gasteiger partial charge in [0.05, 0.1) is 16.2 Å². The van der Waals surface area contributed by atoms with Crippen LogP contribution >= 0.6 is 11.6 Å². The molecule has 38 heavy (non-hydrogen) atoms. The molecule has 1 N–H and O–H groups in total. The molecular weight excluding hydrogens is 536 g/mol. The van der Waals surface area contributed by atoms with Crippen LogP contribution in [0.25, 0.3) is 11.1 Å². The molecule has 5 nitrogen and oxygen atoms in total. The number of carbonyl (C=O) groups is 1. The molecule has 2 aromatic carbocycles. The molecule has 1 aliphatic rings. The number of amides is 1. The monoisotopic (exact) mass is 557 g/mol. The second-order valence-corrected chi connectivity index (χ2v) is 9.64. The van der Waals surface area contributed by atoms with Crippen molar-refractivity contribution in [1.82, 2.24) is 4.98 Å². The SMILES string of the molecule is CC(C)(Nc1cc(N2CCCC2=O)cc(-c2cccc(OC(F)(F)F)c2)c1Cl)c1ccc(C(F)(F)F)nc1. The Hall–Kier alpha value is -3.47. The van der Waals surface area contributed by atoms with Gasteiger partial charge >= 0.3 is 12.5 Å². The van der Waals surface area contributed by atoms with E-state index in [1.807, 2.05) is 0 Å². The lowest BCUT2D eigenvalue weighted by Crippen LogP contribution is -2.29. The van der Waals surface area contributed by atoms with E-state index >= 15 is 0 Å². The number of pyridine rings is 1. The number of nitrogens with one attached hydrogen (secondary N) is 1. The van der Waals surface area contributed by atoms with Crippen LogP contribution < -0.4 is 15.0 Å². The van der Waals surface area contributed by atoms with E-state index in [4.69, 9.17) is 11.6 Å². The number of anilines is 2. The summed E-state index contributed by atoms with van der Waals surface area (Å²) in [6, 6.07) is 10.7. The van der Waals surface area contributed by atoms with Gasteiger partial charge in [-0.05, 0) is 61.7 Å². The Morgan fingerprint density at radius 3 is 2.34 bits per heavy atom. The Labute approximate surface area is 219 Å². The molecule has 1 aromatic heterocycles. The first-order valence-corrected chi connectivity index (χ1v) is 11.8. The molecule has 2 heterocycles. The van der Waals surface area contributed by atoms with E-state index in [1.54, 1.807) is 36.9 Å². The van der Waals surface area contributed by atoms with Gasteiger partial charge in [0.15, 0.2) is 0 Å². The van der Waals surface area contributed by atoms with E-state index in [-0.39, 0.29) is 10.9 Å². The maximum absolute atomic E-state index is 13.0. The number of carbonyl (C=O) groups excluding carboxylic acids is 1. The van der Waals surface area contributed by atoms with Gasteiger partial charge in [-0.25, -0.2) is 0 Å². The van der Waals surface area contributed by atoms with E-state index < -0.39 is 29.5 Å². The molecule has 4 rings (SSSR count). The molecule has 0 bridgehead atoms. The van der Waals surface area contributed by atoms with Crippen LogP contribution in [0.5, 0.6) is 5.75 Å². The van der Waals surface area contributed by atoms with Crippen molar-refractivity contribution in [3.63, 3.8) is 0 Å². The largest absolute Gasteiger partial charge is 0.573 e. The zero-order valence-corrected chi connectivity index (χ0v) is 20.9. The fraction of sp³-hybridized carbons (Fsp3) is 0.308. The van der Waals surface area contributed by atoms with Crippen LogP contribution in [0.3, 0.4) is 0 Å². The third-order valence-electron chi connectivity index (χ3n) is 6.04. The minimum atomic E-state index is -4.89. The first-order valence-electron chi connectivity index (χ1n) is 11.5. The summed E-state index contributed by atoms with van der Waals surface area (Å²) >= 11 is 6.73. The molecule has 1 fully saturated rings. The lowest BCUT2D eigenvalue weighted by molar-refractivity contribution is -0.274. The van der Waals surface area contributed by atoms with Gasteiger partial charge in [0.25, 0.3) is 0 Å². The minimum absolute atomic E-state index is 0.121. The number of ether oxygens (including phenoxy) is 1. The molecule has 202 valence electrons. The van der Waals surface area contributed by atoms with Crippen LogP contribution in [0.2, 0.25) is 5.02 Å². The summed E-state index contributed by atoms with van der Waals surface area (Å²) in [4.78, 5) is 17.5. The standard InChI is InChI=1S/C26H22ClF6N3O2/c1-24(2,16-8-9-21(34-14-16)25(28,29)30)35-20-13-17(36-10-4-7-22(36)37)12-19(23(20)27)15-5-3-6-18(11-15)38-26(31,32)33/h3,5-6,8-9,11-14,35H,4,7,10H2,1-2H3. The highest BCUT2D eigenvalue weighted by Crippen LogP contribution is 2.42. The van der Waals surface area contributed by atoms with Crippen molar-refractivity contribution in [3.05, 3.63) is 71.0 Å². The lowest BCUT2D eigenvalue weighted by atomic mass is 9.94. The number of nitrogens with zero attached hydrogens (tertiary/aromatic N) is 2. The van der Waals surface area contributed by atoms with E-state index in [0.29, 0.717) is 47.5 Å². The number of halogens is 7. The number of hydrogen-bond acceptors (Lipinski definition) is 4. The van der Waals surface area contributed by atoms with Gasteiger partial charge in [-0.2, -0.15) is 13.2 Å². The predicted octanol–water partition coefficient (Wildman–Crippen LogP) is 7.79. The van der Waals surface area contributed by atoms with E-state index in [9.17, 15) is 31.1 Å². The normalized spacial score (nSPS) is 14.7. The Bertz CT molecular complexity index is 1340. The van der Waals surface area contributed by atoms with Gasteiger partial charge in [-0.3, -0.25) is 9.78 Å². The molecule has 1 saturated heterocycles. The van der Waals surface area contributed by atoms with Gasteiger partial charge in [-0.1, -0.05) is 29.8 Å². The molecular formula is C26H22ClF6N3O2. The Kier molecular flexibility index (Phi) is 7.26. The minimum Gasteiger partial charge on any atom is -0.406 e. The first-order chi connectivity index (χ1) is 17.6. The van der Waals surface area contributed by atoms with Gasteiger partial charge in [0.2, 0.25) is 5.91 Å². The molecule has 1 amide bonds. The zero-order chi connectivity index (χ0) is 27.9. The molecule has 0 atom stereocenters. The summed E-state index contributed by atoms with van der Waals surface area (Å²) in [5.41, 5.74) is -0.155. The highest BCUT2D eigenvalue weighted by Gasteiger charge is 2.34. The number of alkyl halides is 6. The van der Waals surface area contributed by atoms with Crippen LogP contribution in [0.1, 0.15) is 37.9 Å². The van der Waals surface area contributed by atoms with E-state index in [0.717, 1.165) is 18.3 Å². The predicted molar refractivity (Wildman–Crippen MR) is 131 cm³/mol. The first kappa shape index (κ1) is 27.6. The van der Waals surface area contributed by atoms with Crippen LogP contribution in [-0.4, -0.2) is 23.8 Å². The average molecular weight is 558 g/mol. The van der Waals surface area contributed by atoms with Crippen LogP contribution in [0.4, 0.5) is 37.7 Å². The summed E-state index contributed by atoms with van der Waals surface area (Å²) in [5.74, 6) is -0.566. The Balaban J connectivity index is 1.77. The van der Waals surface area contributed by atoms with Crippen molar-refractivity contribution in [2.24, 2.45) is 0 Å². The van der Waals surface area contributed by atoms with Crippen molar-refractivity contribution in [2.75, 3.05) is 16.8 Å². The third-order valence-corrected chi connectivity index (χ3v) is 6.45. The average Bonchev–Trinajstić information content (AvgIpc) is 3.24. The van der Waals surface area contributed by atoms with Crippen LogP contribution in [-0.2, 0) is 16.5 Å². The molecule has 0 unspecified atom stereocenters. The lowest BCUT2D eigenvalue weighted by Gasteiger charge is -2.30. The number of rotatable bonds is 6. The fourth-order valence-corrected chi connectivity index (χ4v) is 4.45. The van der Waals surface area contributed by atoms with Crippen molar-refractivity contribution in [1.29, 1.82) is 0 Å².